The topological polar surface area (TPSA) is 181 Å². The highest BCUT2D eigenvalue weighted by molar-refractivity contribution is 6.31. The molecule has 4 fully saturated rings. The first-order chi connectivity index (χ1) is 28.1. The molecular formula is C43H48ClN9O6. The Hall–Kier alpha value is -5.59. The van der Waals surface area contributed by atoms with Crippen LogP contribution in [0.2, 0.25) is 5.02 Å². The lowest BCUT2D eigenvalue weighted by molar-refractivity contribution is -0.164. The number of nitrogens with one attached hydrogen (secondary N) is 2. The Labute approximate surface area is 348 Å². The molecule has 0 radical (unpaired) electrons. The Morgan fingerprint density at radius 3 is 2.19 bits per heavy atom. The molecule has 4 aliphatic heterocycles. The number of nitrogens with zero attached hydrogens (tertiary/aromatic N) is 7. The van der Waals surface area contributed by atoms with Gasteiger partial charge in [-0.1, -0.05) is 39.3 Å². The molecule has 1 aliphatic carbocycles. The lowest BCUT2D eigenvalue weighted by atomic mass is 9.49. The Morgan fingerprint density at radius 2 is 1.54 bits per heavy atom. The fourth-order valence-electron chi connectivity index (χ4n) is 9.98. The van der Waals surface area contributed by atoms with Gasteiger partial charge in [-0.25, -0.2) is 9.97 Å². The number of hydrogen-bond donors (Lipinski definition) is 2. The lowest BCUT2D eigenvalue weighted by Crippen LogP contribution is -2.74. The number of amides is 5. The summed E-state index contributed by atoms with van der Waals surface area (Å²) < 4.78 is 6.35. The van der Waals surface area contributed by atoms with Gasteiger partial charge in [0.05, 0.1) is 39.8 Å². The summed E-state index contributed by atoms with van der Waals surface area (Å²) in [5.41, 5.74) is 1.92. The van der Waals surface area contributed by atoms with E-state index in [1.54, 1.807) is 42.7 Å². The lowest BCUT2D eigenvalue weighted by Gasteiger charge is -2.63. The zero-order valence-corrected chi connectivity index (χ0v) is 34.4. The average molecular weight is 822 g/mol. The fourth-order valence-corrected chi connectivity index (χ4v) is 10.2. The largest absolute Gasteiger partial charge is 0.489 e. The van der Waals surface area contributed by atoms with Gasteiger partial charge in [-0.15, -0.1) is 0 Å². The fraction of sp³-hybridized carbons (Fsp3) is 0.488. The standard InChI is InChI=1S/C43H48ClN9O6/c1-42(2)40(43(3,4)41(42)59-29-7-5-26(21-45)32(44)20-29)49-37(56)35-46-22-28(23-47-35)52-17-15-50(16-18-52)24-25-11-13-51(14-12-25)27-6-8-30-31(19-27)39(58)53(38(30)57)33-9-10-34(54)48-36(33)55/h5-8,19-20,22-23,25,33,40-41H,9-18,24H2,1-4H3,(H,49,56)(H,48,54,55)/t33?,40-,41-. The number of piperidine rings is 2. The van der Waals surface area contributed by atoms with Crippen LogP contribution < -0.4 is 25.2 Å². The van der Waals surface area contributed by atoms with Crippen LogP contribution in [-0.4, -0.2) is 113 Å². The van der Waals surface area contributed by atoms with E-state index in [4.69, 9.17) is 16.3 Å². The van der Waals surface area contributed by atoms with E-state index in [2.05, 4.69) is 69.1 Å². The number of ether oxygens (including phenoxy) is 1. The summed E-state index contributed by atoms with van der Waals surface area (Å²) in [6.07, 6.45) is 5.44. The van der Waals surface area contributed by atoms with Crippen molar-refractivity contribution in [2.24, 2.45) is 16.7 Å². The number of imide groups is 2. The summed E-state index contributed by atoms with van der Waals surface area (Å²) in [5.74, 6) is -1.12. The molecule has 1 aromatic heterocycles. The van der Waals surface area contributed by atoms with Crippen molar-refractivity contribution in [3.63, 3.8) is 0 Å². The summed E-state index contributed by atoms with van der Waals surface area (Å²) in [6, 6.07) is 11.2. The third-order valence-corrected chi connectivity index (χ3v) is 13.2. The van der Waals surface area contributed by atoms with Crippen LogP contribution in [0.1, 0.15) is 90.3 Å². The summed E-state index contributed by atoms with van der Waals surface area (Å²) >= 11 is 6.24. The van der Waals surface area contributed by atoms with Crippen molar-refractivity contribution < 1.29 is 28.7 Å². The summed E-state index contributed by atoms with van der Waals surface area (Å²) in [6.45, 7) is 14.3. The minimum Gasteiger partial charge on any atom is -0.489 e. The first-order valence-corrected chi connectivity index (χ1v) is 20.6. The molecule has 1 unspecified atom stereocenters. The summed E-state index contributed by atoms with van der Waals surface area (Å²) in [4.78, 5) is 80.8. The predicted molar refractivity (Wildman–Crippen MR) is 218 cm³/mol. The molecule has 8 rings (SSSR count). The summed E-state index contributed by atoms with van der Waals surface area (Å²) in [5, 5.41) is 14.9. The van der Waals surface area contributed by atoms with Gasteiger partial charge in [-0.3, -0.25) is 39.1 Å². The second-order valence-corrected chi connectivity index (χ2v) is 17.9. The van der Waals surface area contributed by atoms with Crippen molar-refractivity contribution in [2.75, 3.05) is 55.6 Å². The highest BCUT2D eigenvalue weighted by atomic mass is 35.5. The van der Waals surface area contributed by atoms with Gasteiger partial charge in [0.15, 0.2) is 0 Å². The highest BCUT2D eigenvalue weighted by Gasteiger charge is 2.64. The number of piperazine rings is 1. The van der Waals surface area contributed by atoms with Crippen LogP contribution in [0.3, 0.4) is 0 Å². The molecule has 2 N–H and O–H groups in total. The third kappa shape index (κ3) is 7.48. The molecule has 0 spiro atoms. The second kappa shape index (κ2) is 15.5. The van der Waals surface area contributed by atoms with E-state index in [1.165, 1.54) is 0 Å². The molecule has 1 saturated carbocycles. The highest BCUT2D eigenvalue weighted by Crippen LogP contribution is 2.55. The van der Waals surface area contributed by atoms with Gasteiger partial charge >= 0.3 is 0 Å². The number of rotatable bonds is 9. The number of anilines is 2. The maximum absolute atomic E-state index is 13.4. The molecule has 5 aliphatic rings. The number of nitriles is 1. The minimum atomic E-state index is -0.979. The monoisotopic (exact) mass is 821 g/mol. The molecule has 15 nitrogen and oxygen atoms in total. The van der Waals surface area contributed by atoms with Crippen molar-refractivity contribution >= 4 is 52.5 Å². The number of fused-ring (bicyclic) bond motifs is 1. The van der Waals surface area contributed by atoms with Gasteiger partial charge in [0.2, 0.25) is 17.6 Å². The Morgan fingerprint density at radius 1 is 0.881 bits per heavy atom. The third-order valence-electron chi connectivity index (χ3n) is 12.9. The zero-order chi connectivity index (χ0) is 41.8. The smallest absolute Gasteiger partial charge is 0.289 e. The number of benzene rings is 2. The van der Waals surface area contributed by atoms with Crippen LogP contribution in [0.4, 0.5) is 11.4 Å². The minimum absolute atomic E-state index is 0.0864. The van der Waals surface area contributed by atoms with Crippen molar-refractivity contribution in [3.05, 3.63) is 76.3 Å². The predicted octanol–water partition coefficient (Wildman–Crippen LogP) is 4.05. The summed E-state index contributed by atoms with van der Waals surface area (Å²) in [7, 11) is 0. The molecule has 59 heavy (non-hydrogen) atoms. The van der Waals surface area contributed by atoms with Gasteiger partial charge in [0.1, 0.15) is 24.0 Å². The molecule has 1 atom stereocenters. The van der Waals surface area contributed by atoms with Gasteiger partial charge < -0.3 is 19.9 Å². The average Bonchev–Trinajstić information content (AvgIpc) is 3.47. The van der Waals surface area contributed by atoms with E-state index >= 15 is 0 Å². The van der Waals surface area contributed by atoms with Gasteiger partial charge in [0.25, 0.3) is 17.7 Å². The van der Waals surface area contributed by atoms with Crippen molar-refractivity contribution in [2.45, 2.75) is 71.6 Å². The number of hydrogen-bond acceptors (Lipinski definition) is 12. The molecule has 16 heteroatoms. The van der Waals surface area contributed by atoms with Crippen molar-refractivity contribution in [1.82, 2.24) is 30.4 Å². The van der Waals surface area contributed by atoms with E-state index in [9.17, 15) is 29.2 Å². The van der Waals surface area contributed by atoms with Crippen LogP contribution >= 0.6 is 11.6 Å². The maximum atomic E-state index is 13.4. The normalized spacial score (nSPS) is 24.3. The molecule has 5 heterocycles. The van der Waals surface area contributed by atoms with Crippen molar-refractivity contribution in [3.8, 4) is 11.8 Å². The molecule has 5 amide bonds. The van der Waals surface area contributed by atoms with E-state index in [0.29, 0.717) is 27.8 Å². The van der Waals surface area contributed by atoms with Crippen LogP contribution in [0, 0.1) is 28.1 Å². The van der Waals surface area contributed by atoms with Crippen LogP contribution in [-0.2, 0) is 9.59 Å². The quantitative estimate of drug-likeness (QED) is 0.296. The maximum Gasteiger partial charge on any atom is 0.289 e. The first-order valence-electron chi connectivity index (χ1n) is 20.2. The molecule has 0 bridgehead atoms. The van der Waals surface area contributed by atoms with Crippen LogP contribution in [0.5, 0.6) is 5.75 Å². The molecule has 3 saturated heterocycles. The Bertz CT molecular complexity index is 2230. The van der Waals surface area contributed by atoms with Crippen LogP contribution in [0.25, 0.3) is 0 Å². The number of carbonyl (C=O) groups excluding carboxylic acids is 5. The molecule has 2 aromatic carbocycles. The number of halogens is 1. The molecule has 3 aromatic rings. The SMILES string of the molecule is CC1(C)[C@H](NC(=O)c2ncc(N3CCN(CC4CCN(c5ccc6c(c5)C(=O)N(C5CCC(=O)NC5=O)C6=O)CC4)CC3)cn2)C(C)(C)[C@H]1Oc1ccc(C#N)c(Cl)c1. The van der Waals surface area contributed by atoms with E-state index in [-0.39, 0.29) is 42.3 Å². The van der Waals surface area contributed by atoms with Gasteiger partial charge in [0, 0.05) is 80.9 Å². The van der Waals surface area contributed by atoms with Crippen LogP contribution in [0.15, 0.2) is 48.8 Å². The van der Waals surface area contributed by atoms with E-state index in [0.717, 1.165) is 74.9 Å². The van der Waals surface area contributed by atoms with Gasteiger partial charge in [-0.05, 0) is 55.5 Å². The first kappa shape index (κ1) is 40.2. The molecule has 308 valence electrons. The van der Waals surface area contributed by atoms with Crippen molar-refractivity contribution in [1.29, 1.82) is 5.26 Å². The Kier molecular flexibility index (Phi) is 10.6. The molecular weight excluding hydrogens is 774 g/mol. The number of aromatic nitrogens is 2. The second-order valence-electron chi connectivity index (χ2n) is 17.5. The van der Waals surface area contributed by atoms with E-state index in [1.807, 2.05) is 6.07 Å². The van der Waals surface area contributed by atoms with E-state index < -0.39 is 40.5 Å². The number of carbonyl (C=O) groups is 5. The zero-order valence-electron chi connectivity index (χ0n) is 33.7. The van der Waals surface area contributed by atoms with Gasteiger partial charge in [-0.2, -0.15) is 5.26 Å². The Balaban J connectivity index is 0.789.